The number of carbonyl (C=O) groups is 3. The van der Waals surface area contributed by atoms with E-state index in [1.807, 2.05) is 60.8 Å². The molecule has 0 fully saturated rings. The maximum atomic E-state index is 13.8. The Morgan fingerprint density at radius 2 is 1.65 bits per heavy atom. The number of allylic oxidation sites excluding steroid dienone is 2. The van der Waals surface area contributed by atoms with Crippen LogP contribution in [-0.2, 0) is 38.5 Å². The van der Waals surface area contributed by atoms with Gasteiger partial charge in [0.2, 0.25) is 11.8 Å². The zero-order chi connectivity index (χ0) is 35.0. The molecule has 3 atom stereocenters. The smallest absolute Gasteiger partial charge is 0.309 e. The Morgan fingerprint density at radius 1 is 0.918 bits per heavy atom. The fourth-order valence-electron chi connectivity index (χ4n) is 5.91. The number of aliphatic hydroxyl groups is 1. The summed E-state index contributed by atoms with van der Waals surface area (Å²) >= 11 is 0. The summed E-state index contributed by atoms with van der Waals surface area (Å²) < 4.78 is 19.4. The zero-order valence-electron chi connectivity index (χ0n) is 27.9. The number of aliphatic hydroxyl groups excluding tert-OH is 1. The molecule has 0 aliphatic carbocycles. The lowest BCUT2D eigenvalue weighted by Crippen LogP contribution is -2.45. The first-order chi connectivity index (χ1) is 23.8. The van der Waals surface area contributed by atoms with E-state index in [9.17, 15) is 23.9 Å². The number of benzene rings is 3. The van der Waals surface area contributed by atoms with E-state index in [1.165, 1.54) is 12.1 Å². The maximum Gasteiger partial charge on any atom is 0.309 e. The van der Waals surface area contributed by atoms with Crippen LogP contribution in [0.1, 0.15) is 42.4 Å². The number of aromatic amines is 1. The lowest BCUT2D eigenvalue weighted by molar-refractivity contribution is -0.150. The van der Waals surface area contributed by atoms with Crippen molar-refractivity contribution in [2.45, 2.75) is 51.1 Å². The topological polar surface area (TPSA) is 112 Å². The zero-order valence-corrected chi connectivity index (χ0v) is 27.9. The van der Waals surface area contributed by atoms with Crippen molar-refractivity contribution < 1.29 is 28.6 Å². The predicted molar refractivity (Wildman–Crippen MR) is 190 cm³/mol. The molecule has 3 N–H and O–H groups in total. The van der Waals surface area contributed by atoms with Gasteiger partial charge in [-0.2, -0.15) is 0 Å². The summed E-state index contributed by atoms with van der Waals surface area (Å²) in [5.74, 6) is -2.58. The van der Waals surface area contributed by atoms with Crippen molar-refractivity contribution in [2.24, 2.45) is 11.8 Å². The highest BCUT2D eigenvalue weighted by Gasteiger charge is 2.28. The molecule has 0 radical (unpaired) electrons. The maximum absolute atomic E-state index is 13.8. The second-order valence-electron chi connectivity index (χ2n) is 12.2. The molecule has 0 saturated carbocycles. The Kier molecular flexibility index (Phi) is 14.3. The number of H-pyrrole nitrogens is 1. The summed E-state index contributed by atoms with van der Waals surface area (Å²) in [7, 11) is 0. The van der Waals surface area contributed by atoms with Gasteiger partial charge >= 0.3 is 5.97 Å². The first-order valence-electron chi connectivity index (χ1n) is 16.7. The average molecular weight is 668 g/mol. The minimum atomic E-state index is -0.720. The van der Waals surface area contributed by atoms with Gasteiger partial charge < -0.3 is 25.0 Å². The van der Waals surface area contributed by atoms with E-state index in [4.69, 9.17) is 4.74 Å². The lowest BCUT2D eigenvalue weighted by atomic mass is 9.94. The van der Waals surface area contributed by atoms with Gasteiger partial charge in [-0.05, 0) is 67.0 Å². The summed E-state index contributed by atoms with van der Waals surface area (Å²) in [5, 5.41) is 13.7. The molecule has 9 heteroatoms. The van der Waals surface area contributed by atoms with Gasteiger partial charge in [-0.3, -0.25) is 14.4 Å². The number of nitrogens with one attached hydrogen (secondary N) is 2. The number of ether oxygens (including phenoxy) is 1. The summed E-state index contributed by atoms with van der Waals surface area (Å²) in [6.07, 6.45) is 7.28. The second-order valence-corrected chi connectivity index (χ2v) is 12.2. The molecular weight excluding hydrogens is 621 g/mol. The van der Waals surface area contributed by atoms with Crippen molar-refractivity contribution in [3.8, 4) is 0 Å². The molecule has 49 heavy (non-hydrogen) atoms. The molecule has 0 aliphatic heterocycles. The Labute approximate surface area is 287 Å². The monoisotopic (exact) mass is 667 g/mol. The van der Waals surface area contributed by atoms with Gasteiger partial charge in [-0.15, -0.1) is 13.2 Å². The largest absolute Gasteiger partial charge is 0.463 e. The number of esters is 1. The normalized spacial score (nSPS) is 12.9. The number of fused-ring (bicyclic) bond motifs is 1. The first kappa shape index (κ1) is 36.8. The average Bonchev–Trinajstić information content (AvgIpc) is 3.52. The molecule has 4 rings (SSSR count). The summed E-state index contributed by atoms with van der Waals surface area (Å²) in [6.45, 7) is 7.75. The van der Waals surface area contributed by atoms with Crippen LogP contribution in [0.3, 0.4) is 0 Å². The van der Waals surface area contributed by atoms with Crippen LogP contribution in [0.4, 0.5) is 4.39 Å². The lowest BCUT2D eigenvalue weighted by Gasteiger charge is -2.26. The fraction of sp³-hybridized carbons (Fsp3) is 0.325. The van der Waals surface area contributed by atoms with E-state index < -0.39 is 23.8 Å². The second kappa shape index (κ2) is 19.1. The third kappa shape index (κ3) is 11.3. The van der Waals surface area contributed by atoms with Crippen LogP contribution in [0.2, 0.25) is 0 Å². The number of hydrogen-bond acceptors (Lipinski definition) is 5. The van der Waals surface area contributed by atoms with Crippen molar-refractivity contribution in [3.63, 3.8) is 0 Å². The van der Waals surface area contributed by atoms with Crippen molar-refractivity contribution >= 4 is 28.7 Å². The summed E-state index contributed by atoms with van der Waals surface area (Å²) in [4.78, 5) is 45.6. The van der Waals surface area contributed by atoms with Crippen LogP contribution in [0.5, 0.6) is 0 Å². The van der Waals surface area contributed by atoms with Crippen LogP contribution < -0.4 is 5.32 Å². The molecule has 1 aromatic heterocycles. The van der Waals surface area contributed by atoms with E-state index >= 15 is 0 Å². The van der Waals surface area contributed by atoms with Crippen LogP contribution in [0, 0.1) is 17.7 Å². The highest BCUT2D eigenvalue weighted by Crippen LogP contribution is 2.22. The molecule has 3 aromatic carbocycles. The molecule has 0 aliphatic rings. The van der Waals surface area contributed by atoms with Crippen molar-refractivity contribution in [2.75, 3.05) is 19.8 Å². The molecule has 258 valence electrons. The number of aromatic nitrogens is 1. The molecular formula is C40H46FN3O5. The van der Waals surface area contributed by atoms with Gasteiger partial charge in [-0.25, -0.2) is 4.39 Å². The minimum Gasteiger partial charge on any atom is -0.463 e. The number of carbonyl (C=O) groups excluding carboxylic acids is 3. The molecule has 1 heterocycles. The predicted octanol–water partition coefficient (Wildman–Crippen LogP) is 6.31. The van der Waals surface area contributed by atoms with E-state index in [0.717, 1.165) is 27.6 Å². The molecule has 0 bridgehead atoms. The standard InChI is InChI=1S/C40H46FN3O5/c1-3-5-14-32(23-29-17-19-34(41)20-18-29)40(48)49-28-35(24-33-26-42-37-16-10-9-15-36(33)37)43-39(47)31(11-4-2)25-38(46)44(21-22-45)27-30-12-7-6-8-13-30/h3-4,6-10,12-13,15-20,26,31-32,35,42,45H,1-2,5,11,14,21-25,27-28H2,(H,43,47)/t31-,32-,35-/m0/s1. The number of para-hydroxylation sites is 1. The Morgan fingerprint density at radius 3 is 2.37 bits per heavy atom. The van der Waals surface area contributed by atoms with Gasteiger partial charge in [0.15, 0.2) is 0 Å². The van der Waals surface area contributed by atoms with Crippen molar-refractivity contribution in [1.82, 2.24) is 15.2 Å². The number of nitrogens with zero attached hydrogens (tertiary/aromatic N) is 1. The highest BCUT2D eigenvalue weighted by molar-refractivity contribution is 5.86. The van der Waals surface area contributed by atoms with E-state index in [1.54, 1.807) is 29.2 Å². The fourth-order valence-corrected chi connectivity index (χ4v) is 5.91. The van der Waals surface area contributed by atoms with Crippen molar-refractivity contribution in [1.29, 1.82) is 0 Å². The number of halogens is 1. The van der Waals surface area contributed by atoms with Crippen molar-refractivity contribution in [3.05, 3.63) is 133 Å². The molecule has 2 amide bonds. The van der Waals surface area contributed by atoms with Crippen LogP contribution >= 0.6 is 0 Å². The molecule has 0 unspecified atom stereocenters. The quantitative estimate of drug-likeness (QED) is 0.0756. The van der Waals surface area contributed by atoms with Gasteiger partial charge in [-0.1, -0.05) is 72.8 Å². The highest BCUT2D eigenvalue weighted by atomic mass is 19.1. The molecule has 8 nitrogen and oxygen atoms in total. The van der Waals surface area contributed by atoms with Gasteiger partial charge in [0.25, 0.3) is 0 Å². The number of rotatable bonds is 20. The Bertz CT molecular complexity index is 1670. The van der Waals surface area contributed by atoms with Crippen LogP contribution in [0.15, 0.2) is 110 Å². The third-order valence-electron chi connectivity index (χ3n) is 8.54. The summed E-state index contributed by atoms with van der Waals surface area (Å²) in [5.41, 5.74) is 3.62. The van der Waals surface area contributed by atoms with Gasteiger partial charge in [0.05, 0.1) is 24.5 Å². The third-order valence-corrected chi connectivity index (χ3v) is 8.54. The van der Waals surface area contributed by atoms with Crippen LogP contribution in [-0.4, -0.2) is 58.6 Å². The van der Waals surface area contributed by atoms with Gasteiger partial charge in [0.1, 0.15) is 12.4 Å². The molecule has 0 saturated heterocycles. The number of amides is 2. The van der Waals surface area contributed by atoms with Crippen LogP contribution in [0.25, 0.3) is 10.9 Å². The van der Waals surface area contributed by atoms with Gasteiger partial charge in [0, 0.05) is 36.6 Å². The van der Waals surface area contributed by atoms with E-state index in [2.05, 4.69) is 23.5 Å². The Hall–Kier alpha value is -5.02. The van der Waals surface area contributed by atoms with E-state index in [0.29, 0.717) is 32.2 Å². The SMILES string of the molecule is C=CCC[C@@H](Cc1ccc(F)cc1)C(=O)OC[C@H](Cc1c[nH]c2ccccc12)NC(=O)[C@@H](CC=C)CC(=O)N(CCO)Cc1ccccc1. The summed E-state index contributed by atoms with van der Waals surface area (Å²) in [6, 6.07) is 22.8. The first-order valence-corrected chi connectivity index (χ1v) is 16.7. The molecule has 0 spiro atoms. The molecule has 4 aromatic rings. The van der Waals surface area contributed by atoms with E-state index in [-0.39, 0.29) is 50.2 Å². The Balaban J connectivity index is 1.50. The number of hydrogen-bond donors (Lipinski definition) is 3. The minimum absolute atomic E-state index is 0.0778.